The van der Waals surface area contributed by atoms with Crippen molar-refractivity contribution in [3.05, 3.63) is 41.4 Å². The van der Waals surface area contributed by atoms with Crippen LogP contribution in [0.5, 0.6) is 0 Å². The number of hydrogen-bond acceptors (Lipinski definition) is 2. The summed E-state index contributed by atoms with van der Waals surface area (Å²) in [4.78, 5) is 4.73. The minimum absolute atomic E-state index is 0.132. The normalized spacial score (nSPS) is 12.5. The highest BCUT2D eigenvalue weighted by Gasteiger charge is 2.18. The predicted molar refractivity (Wildman–Crippen MR) is 75.4 cm³/mol. The highest BCUT2D eigenvalue weighted by atomic mass is 32.2. The molecule has 2 aromatic carbocycles. The van der Waals surface area contributed by atoms with E-state index < -0.39 is 0 Å². The van der Waals surface area contributed by atoms with Crippen molar-refractivity contribution < 1.29 is 0 Å². The van der Waals surface area contributed by atoms with E-state index in [0.29, 0.717) is 0 Å². The first-order valence-corrected chi connectivity index (χ1v) is 7.44. The van der Waals surface area contributed by atoms with Gasteiger partial charge in [-0.25, -0.2) is 0 Å². The molecule has 3 aromatic rings. The van der Waals surface area contributed by atoms with Crippen molar-refractivity contribution in [1.82, 2.24) is 4.98 Å². The third-order valence-electron chi connectivity index (χ3n) is 2.92. The van der Waals surface area contributed by atoms with Crippen molar-refractivity contribution in [3.8, 4) is 0 Å². The maximum atomic E-state index is 4.73. The standard InChI is InChI=1S/C13H11NS2/c1-16-11-7-6-9-4-2-3-5-10(9)13(11)14-12(16)8-15/h2-7H,8H2,1H3/p+1. The van der Waals surface area contributed by atoms with Gasteiger partial charge in [0, 0.05) is 21.9 Å². The fourth-order valence-corrected chi connectivity index (χ4v) is 4.09. The van der Waals surface area contributed by atoms with Crippen molar-refractivity contribution in [1.29, 1.82) is 0 Å². The van der Waals surface area contributed by atoms with E-state index >= 15 is 0 Å². The van der Waals surface area contributed by atoms with E-state index in [1.165, 1.54) is 20.5 Å². The van der Waals surface area contributed by atoms with Gasteiger partial charge in [0.15, 0.2) is 0 Å². The van der Waals surface area contributed by atoms with Gasteiger partial charge in [-0.05, 0) is 11.5 Å². The van der Waals surface area contributed by atoms with Crippen molar-refractivity contribution >= 4 is 44.1 Å². The largest absolute Gasteiger partial charge is 0.252 e. The molecule has 0 saturated carbocycles. The summed E-state index contributed by atoms with van der Waals surface area (Å²) in [5.74, 6) is 0.753. The zero-order chi connectivity index (χ0) is 11.1. The number of fused-ring (bicyclic) bond motifs is 3. The van der Waals surface area contributed by atoms with Crippen molar-refractivity contribution in [2.45, 2.75) is 5.75 Å². The lowest BCUT2D eigenvalue weighted by Gasteiger charge is -1.94. The number of nitrogens with zero attached hydrogens (tertiary/aromatic N) is 1. The Hall–Kier alpha value is -1.06. The fourth-order valence-electron chi connectivity index (χ4n) is 2.05. The molecule has 3 rings (SSSR count). The summed E-state index contributed by atoms with van der Waals surface area (Å²) in [7, 11) is 0.132. The molecule has 1 atom stereocenters. The summed E-state index contributed by atoms with van der Waals surface area (Å²) in [6.45, 7) is 0. The molecule has 80 valence electrons. The Kier molecular flexibility index (Phi) is 2.37. The molecule has 0 saturated heterocycles. The number of aryl methyl sites for hydroxylation is 1. The van der Waals surface area contributed by atoms with Crippen LogP contribution in [0.3, 0.4) is 0 Å². The van der Waals surface area contributed by atoms with Gasteiger partial charge in [0.05, 0.1) is 5.75 Å². The lowest BCUT2D eigenvalue weighted by atomic mass is 10.1. The van der Waals surface area contributed by atoms with Crippen LogP contribution in [0.4, 0.5) is 0 Å². The van der Waals surface area contributed by atoms with E-state index in [9.17, 15) is 0 Å². The van der Waals surface area contributed by atoms with Gasteiger partial charge in [-0.15, -0.1) is 0 Å². The van der Waals surface area contributed by atoms with Crippen LogP contribution in [0.2, 0.25) is 0 Å². The molecular weight excluding hydrogens is 234 g/mol. The first kappa shape index (κ1) is 10.1. The SMILES string of the molecule is C[s+]1c(CS)nc2c3ccccc3ccc21. The van der Waals surface area contributed by atoms with Gasteiger partial charge in [0.2, 0.25) is 4.70 Å². The molecule has 0 bridgehead atoms. The Bertz CT molecular complexity index is 670. The van der Waals surface area contributed by atoms with Gasteiger partial charge in [0.1, 0.15) is 11.8 Å². The lowest BCUT2D eigenvalue weighted by molar-refractivity contribution is 1.32. The van der Waals surface area contributed by atoms with Gasteiger partial charge in [-0.1, -0.05) is 24.3 Å². The quantitative estimate of drug-likeness (QED) is 0.504. The average Bonchev–Trinajstić information content (AvgIpc) is 2.67. The monoisotopic (exact) mass is 246 g/mol. The number of hydrogen-bond donors (Lipinski definition) is 1. The Morgan fingerprint density at radius 2 is 2.00 bits per heavy atom. The summed E-state index contributed by atoms with van der Waals surface area (Å²) < 4.78 is 1.36. The molecule has 1 nitrogen and oxygen atoms in total. The summed E-state index contributed by atoms with van der Waals surface area (Å²) in [5, 5.41) is 3.73. The number of benzene rings is 2. The molecule has 1 unspecified atom stereocenters. The topological polar surface area (TPSA) is 12.9 Å². The average molecular weight is 246 g/mol. The van der Waals surface area contributed by atoms with Crippen LogP contribution in [0, 0.1) is 0 Å². The van der Waals surface area contributed by atoms with Crippen LogP contribution in [0.25, 0.3) is 21.0 Å². The van der Waals surface area contributed by atoms with Gasteiger partial charge in [0.25, 0.3) is 5.01 Å². The van der Waals surface area contributed by atoms with Crippen LogP contribution in [-0.2, 0) is 12.0 Å². The number of aromatic nitrogens is 1. The molecular formula is C13H12NS2+. The minimum Gasteiger partial charge on any atom is -0.195 e. The molecule has 0 N–H and O–H groups in total. The van der Waals surface area contributed by atoms with Gasteiger partial charge >= 0.3 is 0 Å². The van der Waals surface area contributed by atoms with Crippen molar-refractivity contribution in [2.75, 3.05) is 0 Å². The smallest absolute Gasteiger partial charge is 0.195 e. The Balaban J connectivity index is 2.51. The zero-order valence-corrected chi connectivity index (χ0v) is 10.7. The van der Waals surface area contributed by atoms with Crippen LogP contribution in [-0.4, -0.2) is 4.98 Å². The van der Waals surface area contributed by atoms with Gasteiger partial charge in [-0.3, -0.25) is 0 Å². The van der Waals surface area contributed by atoms with Crippen LogP contribution < -0.4 is 0 Å². The molecule has 0 radical (unpaired) electrons. The molecule has 0 aliphatic heterocycles. The molecule has 0 fully saturated rings. The van der Waals surface area contributed by atoms with E-state index in [0.717, 1.165) is 11.3 Å². The second-order valence-electron chi connectivity index (χ2n) is 3.81. The molecule has 1 heterocycles. The van der Waals surface area contributed by atoms with E-state index in [2.05, 4.69) is 55.3 Å². The second kappa shape index (κ2) is 3.75. The van der Waals surface area contributed by atoms with Crippen LogP contribution >= 0.6 is 23.1 Å². The second-order valence-corrected chi connectivity index (χ2v) is 6.06. The number of rotatable bonds is 1. The van der Waals surface area contributed by atoms with E-state index in [4.69, 9.17) is 4.98 Å². The molecule has 0 aliphatic carbocycles. The number of thiazole rings is 1. The van der Waals surface area contributed by atoms with Gasteiger partial charge < -0.3 is 0 Å². The predicted octanol–water partition coefficient (Wildman–Crippen LogP) is 4.10. The van der Waals surface area contributed by atoms with Crippen molar-refractivity contribution in [2.24, 2.45) is 6.26 Å². The molecule has 16 heavy (non-hydrogen) atoms. The third kappa shape index (κ3) is 1.35. The number of thiol groups is 1. The van der Waals surface area contributed by atoms with Crippen LogP contribution in [0.1, 0.15) is 5.01 Å². The molecule has 0 spiro atoms. The summed E-state index contributed by atoms with van der Waals surface area (Å²) >= 11 is 4.35. The van der Waals surface area contributed by atoms with Crippen LogP contribution in [0.15, 0.2) is 36.4 Å². The minimum atomic E-state index is 0.132. The zero-order valence-electron chi connectivity index (χ0n) is 8.97. The Morgan fingerprint density at radius 3 is 2.81 bits per heavy atom. The molecule has 0 amide bonds. The Morgan fingerprint density at radius 1 is 1.19 bits per heavy atom. The third-order valence-corrected chi connectivity index (χ3v) is 5.36. The summed E-state index contributed by atoms with van der Waals surface area (Å²) in [5.41, 5.74) is 1.16. The Labute approximate surface area is 103 Å². The van der Waals surface area contributed by atoms with E-state index in [1.54, 1.807) is 0 Å². The molecule has 0 aliphatic rings. The first-order chi connectivity index (χ1) is 7.81. The highest BCUT2D eigenvalue weighted by Crippen LogP contribution is 2.36. The van der Waals surface area contributed by atoms with Crippen molar-refractivity contribution in [3.63, 3.8) is 0 Å². The summed E-state index contributed by atoms with van der Waals surface area (Å²) in [6, 6.07) is 12.8. The molecule has 1 aromatic heterocycles. The first-order valence-electron chi connectivity index (χ1n) is 5.17. The maximum Gasteiger partial charge on any atom is 0.252 e. The highest BCUT2D eigenvalue weighted by molar-refractivity contribution is 7.79. The van der Waals surface area contributed by atoms with E-state index in [-0.39, 0.29) is 10.5 Å². The summed E-state index contributed by atoms with van der Waals surface area (Å²) in [6.07, 6.45) is 2.23. The maximum absolute atomic E-state index is 4.73. The lowest BCUT2D eigenvalue weighted by Crippen LogP contribution is -1.76. The molecule has 3 heteroatoms. The van der Waals surface area contributed by atoms with E-state index in [1.807, 2.05) is 0 Å². The van der Waals surface area contributed by atoms with Gasteiger partial charge in [-0.2, -0.15) is 17.6 Å². The fraction of sp³-hybridized carbons (Fsp3) is 0.154.